The van der Waals surface area contributed by atoms with Crippen LogP contribution in [0.25, 0.3) is 0 Å². The van der Waals surface area contributed by atoms with Crippen molar-refractivity contribution < 1.29 is 0 Å². The van der Waals surface area contributed by atoms with Crippen molar-refractivity contribution in [3.63, 3.8) is 0 Å². The second kappa shape index (κ2) is 4.84. The molecule has 0 bridgehead atoms. The summed E-state index contributed by atoms with van der Waals surface area (Å²) in [5, 5.41) is 0. The summed E-state index contributed by atoms with van der Waals surface area (Å²) in [6, 6.07) is 15.3. The Morgan fingerprint density at radius 2 is 1.38 bits per heavy atom. The van der Waals surface area contributed by atoms with E-state index in [-0.39, 0.29) is 0 Å². The van der Waals surface area contributed by atoms with Gasteiger partial charge in [-0.15, -0.1) is 0 Å². The van der Waals surface area contributed by atoms with E-state index in [2.05, 4.69) is 72.2 Å². The quantitative estimate of drug-likeness (QED) is 0.748. The molecule has 0 aliphatic rings. The van der Waals surface area contributed by atoms with Crippen LogP contribution in [0.1, 0.15) is 22.3 Å². The molecule has 0 aliphatic carbocycles. The van der Waals surface area contributed by atoms with Crippen molar-refractivity contribution in [2.75, 3.05) is 0 Å². The predicted octanol–water partition coefficient (Wildman–Crippen LogP) is 4.66. The van der Waals surface area contributed by atoms with Gasteiger partial charge in [0.25, 0.3) is 0 Å². The van der Waals surface area contributed by atoms with Gasteiger partial charge in [0, 0.05) is 4.47 Å². The summed E-state index contributed by atoms with van der Waals surface area (Å²) >= 11 is 3.45. The third-order valence-electron chi connectivity index (χ3n) is 2.60. The van der Waals surface area contributed by atoms with Crippen LogP contribution in [0.5, 0.6) is 0 Å². The molecule has 2 rings (SSSR count). The first-order valence-corrected chi connectivity index (χ1v) is 6.24. The second-order valence-corrected chi connectivity index (χ2v) is 5.21. The molecule has 82 valence electrons. The first-order valence-electron chi connectivity index (χ1n) is 5.45. The van der Waals surface area contributed by atoms with Crippen LogP contribution < -0.4 is 0 Å². The van der Waals surface area contributed by atoms with E-state index in [1.165, 1.54) is 22.3 Å². The van der Waals surface area contributed by atoms with Gasteiger partial charge in [-0.3, -0.25) is 0 Å². The van der Waals surface area contributed by atoms with Crippen molar-refractivity contribution in [3.05, 3.63) is 69.2 Å². The van der Waals surface area contributed by atoms with Crippen molar-refractivity contribution in [3.8, 4) is 0 Å². The Hall–Kier alpha value is -1.08. The van der Waals surface area contributed by atoms with E-state index in [9.17, 15) is 0 Å². The summed E-state index contributed by atoms with van der Waals surface area (Å²) in [5.41, 5.74) is 5.42. The van der Waals surface area contributed by atoms with Crippen molar-refractivity contribution >= 4 is 15.9 Å². The van der Waals surface area contributed by atoms with Crippen molar-refractivity contribution in [2.24, 2.45) is 0 Å². The van der Waals surface area contributed by atoms with Gasteiger partial charge in [0.2, 0.25) is 0 Å². The van der Waals surface area contributed by atoms with Crippen LogP contribution in [-0.2, 0) is 6.42 Å². The zero-order chi connectivity index (χ0) is 11.5. The molecule has 0 fully saturated rings. The number of rotatable bonds is 2. The maximum atomic E-state index is 3.45. The highest BCUT2D eigenvalue weighted by Crippen LogP contribution is 2.16. The Kier molecular flexibility index (Phi) is 3.45. The molecule has 0 heterocycles. The third kappa shape index (κ3) is 2.96. The minimum Gasteiger partial charge on any atom is -0.0576 e. The zero-order valence-corrected chi connectivity index (χ0v) is 11.2. The lowest BCUT2D eigenvalue weighted by molar-refractivity contribution is 1.17. The monoisotopic (exact) mass is 274 g/mol. The average Bonchev–Trinajstić information content (AvgIpc) is 2.20. The van der Waals surface area contributed by atoms with Crippen LogP contribution >= 0.6 is 15.9 Å². The first-order chi connectivity index (χ1) is 7.63. The maximum Gasteiger partial charge on any atom is 0.0175 e. The van der Waals surface area contributed by atoms with Crippen molar-refractivity contribution in [2.45, 2.75) is 20.3 Å². The van der Waals surface area contributed by atoms with Gasteiger partial charge in [0.05, 0.1) is 0 Å². The standard InChI is InChI=1S/C15H15Br/c1-11-7-12(2)9-14(8-11)10-13-3-5-15(16)6-4-13/h3-9H,10H2,1-2H3. The third-order valence-corrected chi connectivity index (χ3v) is 3.13. The fraction of sp³-hybridized carbons (Fsp3) is 0.200. The molecule has 0 nitrogen and oxygen atoms in total. The normalized spacial score (nSPS) is 10.4. The van der Waals surface area contributed by atoms with Crippen LogP contribution in [0, 0.1) is 13.8 Å². The molecular formula is C15H15Br. The summed E-state index contributed by atoms with van der Waals surface area (Å²) in [6.07, 6.45) is 1.01. The van der Waals surface area contributed by atoms with E-state index in [1.54, 1.807) is 0 Å². The van der Waals surface area contributed by atoms with E-state index in [1.807, 2.05) is 0 Å². The largest absolute Gasteiger partial charge is 0.0576 e. The number of halogens is 1. The summed E-state index contributed by atoms with van der Waals surface area (Å²) < 4.78 is 1.14. The minimum atomic E-state index is 1.01. The zero-order valence-electron chi connectivity index (χ0n) is 9.63. The lowest BCUT2D eigenvalue weighted by atomic mass is 10.0. The fourth-order valence-corrected chi connectivity index (χ4v) is 2.27. The molecule has 0 unspecified atom stereocenters. The predicted molar refractivity (Wildman–Crippen MR) is 72.9 cm³/mol. The Labute approximate surface area is 105 Å². The van der Waals surface area contributed by atoms with Gasteiger partial charge >= 0.3 is 0 Å². The maximum absolute atomic E-state index is 3.45. The summed E-state index contributed by atoms with van der Waals surface area (Å²) in [6.45, 7) is 4.30. The Morgan fingerprint density at radius 1 is 0.812 bits per heavy atom. The highest BCUT2D eigenvalue weighted by Gasteiger charge is 1.98. The Balaban J connectivity index is 2.23. The Bertz CT molecular complexity index is 463. The molecule has 0 N–H and O–H groups in total. The SMILES string of the molecule is Cc1cc(C)cc(Cc2ccc(Br)cc2)c1. The summed E-state index contributed by atoms with van der Waals surface area (Å²) in [5.74, 6) is 0. The molecule has 2 aromatic rings. The molecule has 16 heavy (non-hydrogen) atoms. The molecule has 0 aliphatic heterocycles. The smallest absolute Gasteiger partial charge is 0.0175 e. The van der Waals surface area contributed by atoms with E-state index < -0.39 is 0 Å². The molecule has 0 spiro atoms. The molecule has 0 atom stereocenters. The number of hydrogen-bond acceptors (Lipinski definition) is 0. The van der Waals surface area contributed by atoms with Crippen molar-refractivity contribution in [1.29, 1.82) is 0 Å². The Morgan fingerprint density at radius 3 is 1.94 bits per heavy atom. The molecule has 0 aromatic heterocycles. The van der Waals surface area contributed by atoms with Gasteiger partial charge in [0.1, 0.15) is 0 Å². The fourth-order valence-electron chi connectivity index (χ4n) is 2.01. The highest BCUT2D eigenvalue weighted by atomic mass is 79.9. The molecule has 0 radical (unpaired) electrons. The van der Waals surface area contributed by atoms with Gasteiger partial charge in [0.15, 0.2) is 0 Å². The van der Waals surface area contributed by atoms with Gasteiger partial charge in [-0.25, -0.2) is 0 Å². The molecule has 2 aromatic carbocycles. The lowest BCUT2D eigenvalue weighted by Crippen LogP contribution is -1.90. The van der Waals surface area contributed by atoms with Crippen LogP contribution in [0.2, 0.25) is 0 Å². The number of benzene rings is 2. The van der Waals surface area contributed by atoms with Gasteiger partial charge in [-0.1, -0.05) is 57.4 Å². The highest BCUT2D eigenvalue weighted by molar-refractivity contribution is 9.10. The van der Waals surface area contributed by atoms with Crippen LogP contribution in [-0.4, -0.2) is 0 Å². The van der Waals surface area contributed by atoms with Crippen molar-refractivity contribution in [1.82, 2.24) is 0 Å². The van der Waals surface area contributed by atoms with Gasteiger partial charge in [-0.2, -0.15) is 0 Å². The molecule has 1 heteroatoms. The van der Waals surface area contributed by atoms with Crippen LogP contribution in [0.15, 0.2) is 46.9 Å². The molecular weight excluding hydrogens is 260 g/mol. The topological polar surface area (TPSA) is 0 Å². The molecule has 0 amide bonds. The van der Waals surface area contributed by atoms with E-state index in [4.69, 9.17) is 0 Å². The van der Waals surface area contributed by atoms with Crippen LogP contribution in [0.3, 0.4) is 0 Å². The number of aryl methyl sites for hydroxylation is 2. The first kappa shape index (κ1) is 11.4. The van der Waals surface area contributed by atoms with Crippen LogP contribution in [0.4, 0.5) is 0 Å². The van der Waals surface area contributed by atoms with E-state index in [0.717, 1.165) is 10.9 Å². The van der Waals surface area contributed by atoms with E-state index in [0.29, 0.717) is 0 Å². The second-order valence-electron chi connectivity index (χ2n) is 4.30. The van der Waals surface area contributed by atoms with Gasteiger partial charge < -0.3 is 0 Å². The van der Waals surface area contributed by atoms with Gasteiger partial charge in [-0.05, 0) is 43.5 Å². The molecule has 0 saturated heterocycles. The number of hydrogen-bond donors (Lipinski definition) is 0. The lowest BCUT2D eigenvalue weighted by Gasteiger charge is -2.05. The van der Waals surface area contributed by atoms with E-state index >= 15 is 0 Å². The average molecular weight is 275 g/mol. The summed E-state index contributed by atoms with van der Waals surface area (Å²) in [7, 11) is 0. The minimum absolute atomic E-state index is 1.01. The summed E-state index contributed by atoms with van der Waals surface area (Å²) in [4.78, 5) is 0. The molecule has 0 saturated carbocycles.